The molecule has 0 saturated carbocycles. The van der Waals surface area contributed by atoms with Crippen LogP contribution < -0.4 is 9.62 Å². The summed E-state index contributed by atoms with van der Waals surface area (Å²) in [6, 6.07) is 18.0. The van der Waals surface area contributed by atoms with Gasteiger partial charge >= 0.3 is 0 Å². The molecule has 0 unspecified atom stereocenters. The second-order valence-electron chi connectivity index (χ2n) is 6.33. The first-order valence-corrected chi connectivity index (χ1v) is 10.5. The van der Waals surface area contributed by atoms with E-state index in [1.165, 1.54) is 54.6 Å². The Kier molecular flexibility index (Phi) is 6.20. The van der Waals surface area contributed by atoms with Gasteiger partial charge in [0.25, 0.3) is 10.0 Å². The molecule has 0 heterocycles. The van der Waals surface area contributed by atoms with E-state index in [2.05, 4.69) is 5.32 Å². The zero-order valence-electron chi connectivity index (χ0n) is 15.5. The number of rotatable bonds is 6. The minimum absolute atomic E-state index is 0.0266. The minimum atomic E-state index is -4.05. The lowest BCUT2D eigenvalue weighted by molar-refractivity contribution is -0.114. The molecule has 0 radical (unpaired) electrons. The summed E-state index contributed by atoms with van der Waals surface area (Å²) in [6.07, 6.45) is 0. The molecule has 3 rings (SSSR count). The first-order chi connectivity index (χ1) is 13.8. The van der Waals surface area contributed by atoms with Gasteiger partial charge in [0.1, 0.15) is 12.4 Å². The number of hydrogen-bond donors (Lipinski definition) is 1. The number of para-hydroxylation sites is 1. The van der Waals surface area contributed by atoms with Gasteiger partial charge in [0.05, 0.1) is 16.3 Å². The first kappa shape index (κ1) is 20.8. The molecule has 0 aliphatic rings. The fraction of sp³-hybridized carbons (Fsp3) is 0.0952. The molecule has 8 heteroatoms. The third kappa shape index (κ3) is 4.93. The highest BCUT2D eigenvalue weighted by Gasteiger charge is 2.27. The van der Waals surface area contributed by atoms with Crippen LogP contribution in [0.1, 0.15) is 5.56 Å². The van der Waals surface area contributed by atoms with Crippen LogP contribution in [0, 0.1) is 12.7 Å². The molecule has 0 aromatic heterocycles. The lowest BCUT2D eigenvalue weighted by Crippen LogP contribution is -2.38. The Morgan fingerprint density at radius 3 is 2.24 bits per heavy atom. The number of benzene rings is 3. The molecule has 0 saturated heterocycles. The quantitative estimate of drug-likeness (QED) is 0.618. The molecule has 3 aromatic rings. The minimum Gasteiger partial charge on any atom is -0.322 e. The number of sulfonamides is 1. The van der Waals surface area contributed by atoms with Gasteiger partial charge in [-0.1, -0.05) is 41.4 Å². The van der Waals surface area contributed by atoms with Crippen molar-refractivity contribution in [2.24, 2.45) is 0 Å². The molecule has 0 aliphatic heterocycles. The third-order valence-electron chi connectivity index (χ3n) is 4.16. The molecule has 0 bridgehead atoms. The van der Waals surface area contributed by atoms with E-state index in [0.29, 0.717) is 5.02 Å². The lowest BCUT2D eigenvalue weighted by Gasteiger charge is -2.24. The summed E-state index contributed by atoms with van der Waals surface area (Å²) in [5, 5.41) is 2.84. The van der Waals surface area contributed by atoms with E-state index in [0.717, 1.165) is 9.87 Å². The molecule has 5 nitrogen and oxygen atoms in total. The van der Waals surface area contributed by atoms with Gasteiger partial charge in [-0.2, -0.15) is 0 Å². The van der Waals surface area contributed by atoms with Gasteiger partial charge in [-0.05, 0) is 55.5 Å². The molecular weight excluding hydrogens is 415 g/mol. The van der Waals surface area contributed by atoms with E-state index in [1.807, 2.05) is 6.92 Å². The van der Waals surface area contributed by atoms with Crippen molar-refractivity contribution in [3.8, 4) is 0 Å². The Balaban J connectivity index is 1.95. The predicted octanol–water partition coefficient (Wildman–Crippen LogP) is 4.62. The standard InChI is InChI=1S/C21H18ClFN2O3S/c1-15-6-12-18(13-7-15)29(27,28)25(17-10-8-16(22)9-11-17)14-21(26)24-20-5-3-2-4-19(20)23/h2-13H,14H2,1H3,(H,24,26). The molecule has 1 N–H and O–H groups in total. The maximum absolute atomic E-state index is 13.8. The Hall–Kier alpha value is -2.90. The van der Waals surface area contributed by atoms with E-state index in [-0.39, 0.29) is 16.3 Å². The van der Waals surface area contributed by atoms with Crippen molar-refractivity contribution < 1.29 is 17.6 Å². The highest BCUT2D eigenvalue weighted by Crippen LogP contribution is 2.25. The number of amides is 1. The zero-order valence-corrected chi connectivity index (χ0v) is 17.0. The van der Waals surface area contributed by atoms with Crippen LogP contribution in [0.25, 0.3) is 0 Å². The van der Waals surface area contributed by atoms with Crippen molar-refractivity contribution in [3.05, 3.63) is 89.2 Å². The molecule has 3 aromatic carbocycles. The van der Waals surface area contributed by atoms with Gasteiger partial charge in [-0.25, -0.2) is 12.8 Å². The van der Waals surface area contributed by atoms with Crippen LogP contribution in [0.3, 0.4) is 0 Å². The molecule has 1 amide bonds. The summed E-state index contributed by atoms with van der Waals surface area (Å²) in [4.78, 5) is 12.6. The summed E-state index contributed by atoms with van der Waals surface area (Å²) in [7, 11) is -4.05. The van der Waals surface area contributed by atoms with Crippen LogP contribution in [0.15, 0.2) is 77.7 Å². The van der Waals surface area contributed by atoms with Crippen molar-refractivity contribution in [3.63, 3.8) is 0 Å². The molecule has 29 heavy (non-hydrogen) atoms. The van der Waals surface area contributed by atoms with E-state index < -0.39 is 28.3 Å². The summed E-state index contributed by atoms with van der Waals surface area (Å²) < 4.78 is 41.2. The summed E-state index contributed by atoms with van der Waals surface area (Å²) in [5.41, 5.74) is 1.14. The average molecular weight is 433 g/mol. The molecule has 0 spiro atoms. The fourth-order valence-corrected chi connectivity index (χ4v) is 4.19. The topological polar surface area (TPSA) is 66.5 Å². The SMILES string of the molecule is Cc1ccc(S(=O)(=O)N(CC(=O)Nc2ccccc2F)c2ccc(Cl)cc2)cc1. The summed E-state index contributed by atoms with van der Waals surface area (Å²) in [6.45, 7) is 1.31. The van der Waals surface area contributed by atoms with E-state index in [4.69, 9.17) is 11.6 Å². The predicted molar refractivity (Wildman–Crippen MR) is 112 cm³/mol. The maximum atomic E-state index is 13.8. The van der Waals surface area contributed by atoms with Crippen LogP contribution in [0.2, 0.25) is 5.02 Å². The lowest BCUT2D eigenvalue weighted by atomic mass is 10.2. The number of aryl methyl sites for hydroxylation is 1. The summed E-state index contributed by atoms with van der Waals surface area (Å²) >= 11 is 5.91. The zero-order chi connectivity index (χ0) is 21.0. The Labute approximate surface area is 173 Å². The number of halogens is 2. The van der Waals surface area contributed by atoms with Crippen LogP contribution in [-0.4, -0.2) is 20.9 Å². The van der Waals surface area contributed by atoms with Gasteiger partial charge < -0.3 is 5.32 Å². The smallest absolute Gasteiger partial charge is 0.264 e. The number of anilines is 2. The van der Waals surface area contributed by atoms with E-state index >= 15 is 0 Å². The van der Waals surface area contributed by atoms with Crippen LogP contribution in [0.5, 0.6) is 0 Å². The van der Waals surface area contributed by atoms with Crippen molar-refractivity contribution in [1.29, 1.82) is 0 Å². The number of nitrogens with zero attached hydrogens (tertiary/aromatic N) is 1. The van der Waals surface area contributed by atoms with Gasteiger partial charge in [0.2, 0.25) is 5.91 Å². The number of hydrogen-bond acceptors (Lipinski definition) is 3. The van der Waals surface area contributed by atoms with Crippen molar-refractivity contribution in [1.82, 2.24) is 0 Å². The summed E-state index contributed by atoms with van der Waals surface area (Å²) in [5.74, 6) is -1.29. The average Bonchev–Trinajstić information content (AvgIpc) is 2.69. The second kappa shape index (κ2) is 8.63. The van der Waals surface area contributed by atoms with Crippen molar-refractivity contribution in [2.75, 3.05) is 16.2 Å². The van der Waals surface area contributed by atoms with Gasteiger partial charge in [0, 0.05) is 5.02 Å². The molecule has 0 aliphatic carbocycles. The Bertz CT molecular complexity index is 1120. The van der Waals surface area contributed by atoms with Crippen LogP contribution >= 0.6 is 11.6 Å². The van der Waals surface area contributed by atoms with Crippen molar-refractivity contribution >= 4 is 38.9 Å². The number of nitrogens with one attached hydrogen (secondary N) is 1. The monoisotopic (exact) mass is 432 g/mol. The normalized spacial score (nSPS) is 11.1. The fourth-order valence-electron chi connectivity index (χ4n) is 2.64. The van der Waals surface area contributed by atoms with Gasteiger partial charge in [-0.15, -0.1) is 0 Å². The van der Waals surface area contributed by atoms with Gasteiger partial charge in [-0.3, -0.25) is 9.10 Å². The molecule has 0 atom stereocenters. The van der Waals surface area contributed by atoms with Crippen molar-refractivity contribution in [2.45, 2.75) is 11.8 Å². The highest BCUT2D eigenvalue weighted by atomic mass is 35.5. The largest absolute Gasteiger partial charge is 0.322 e. The Morgan fingerprint density at radius 1 is 1.00 bits per heavy atom. The number of carbonyl (C=O) groups is 1. The maximum Gasteiger partial charge on any atom is 0.264 e. The molecule has 0 fully saturated rings. The van der Waals surface area contributed by atoms with Crippen LogP contribution in [-0.2, 0) is 14.8 Å². The van der Waals surface area contributed by atoms with Gasteiger partial charge in [0.15, 0.2) is 0 Å². The van der Waals surface area contributed by atoms with E-state index in [9.17, 15) is 17.6 Å². The second-order valence-corrected chi connectivity index (χ2v) is 8.63. The first-order valence-electron chi connectivity index (χ1n) is 8.67. The third-order valence-corrected chi connectivity index (χ3v) is 6.20. The van der Waals surface area contributed by atoms with E-state index in [1.54, 1.807) is 18.2 Å². The van der Waals surface area contributed by atoms with Crippen LogP contribution in [0.4, 0.5) is 15.8 Å². The molecule has 150 valence electrons. The highest BCUT2D eigenvalue weighted by molar-refractivity contribution is 7.92. The number of carbonyl (C=O) groups excluding carboxylic acids is 1. The molecular formula is C21H18ClFN2O3S. The Morgan fingerprint density at radius 2 is 1.62 bits per heavy atom.